The predicted molar refractivity (Wildman–Crippen MR) is 304 cm³/mol. The molecule has 4 aromatic heterocycles. The molecule has 428 valence electrons. The van der Waals surface area contributed by atoms with Crippen LogP contribution in [0.1, 0.15) is 91.2 Å². The number of aliphatic carboxylic acids is 2. The van der Waals surface area contributed by atoms with Crippen LogP contribution in [0.25, 0.3) is 33.7 Å². The fourth-order valence-corrected chi connectivity index (χ4v) is 7.33. The number of nitrogens with zero attached hydrogens (tertiary/aromatic N) is 10. The second kappa shape index (κ2) is 29.7. The molecule has 25 heteroatoms. The summed E-state index contributed by atoms with van der Waals surface area (Å²) in [5.74, 6) is 0.0207. The number of hydrogen-bond acceptors (Lipinski definition) is 18. The van der Waals surface area contributed by atoms with Gasteiger partial charge in [0.25, 0.3) is 0 Å². The SMILES string of the molecule is CC(C)(C)OC(=O)NCCCc1ccc(N)cc1.CC(C)(C)OC(=O)NCCCc1ccc(Nc2ncc3nnn(-c4ccc(OCCCC(=O)O)cc4)c3n2)cc1.O=C(O)CCCOc1ccc(-n2nnc3cnc(Cl)nc32)cc1. The highest BCUT2D eigenvalue weighted by Crippen LogP contribution is 2.22. The number of aromatic nitrogens is 10. The van der Waals surface area contributed by atoms with Crippen molar-refractivity contribution >= 4 is 75.4 Å². The number of hydrogen-bond donors (Lipinski definition) is 6. The maximum absolute atomic E-state index is 11.7. The van der Waals surface area contributed by atoms with Crippen LogP contribution in [0, 0.1) is 0 Å². The molecule has 0 fully saturated rings. The number of aryl methyl sites for hydroxylation is 2. The highest BCUT2D eigenvalue weighted by atomic mass is 35.5. The third kappa shape index (κ3) is 21.5. The monoisotopic (exact) mass is 1130 g/mol. The van der Waals surface area contributed by atoms with E-state index in [0.717, 1.165) is 54.0 Å². The molecule has 0 atom stereocenters. The summed E-state index contributed by atoms with van der Waals surface area (Å²) in [6, 6.07) is 30.1. The summed E-state index contributed by atoms with van der Waals surface area (Å²) in [4.78, 5) is 61.1. The van der Waals surface area contributed by atoms with Crippen LogP contribution in [0.4, 0.5) is 26.9 Å². The lowest BCUT2D eigenvalue weighted by molar-refractivity contribution is -0.138. The Morgan fingerprint density at radius 1 is 0.580 bits per heavy atom. The van der Waals surface area contributed by atoms with Crippen molar-refractivity contribution in [3.63, 3.8) is 0 Å². The predicted octanol–water partition coefficient (Wildman–Crippen LogP) is 9.49. The highest BCUT2D eigenvalue weighted by molar-refractivity contribution is 6.28. The summed E-state index contributed by atoms with van der Waals surface area (Å²) in [6.07, 6.45) is 6.80. The number of nitrogens with two attached hydrogens (primary N) is 1. The zero-order chi connectivity index (χ0) is 58.4. The van der Waals surface area contributed by atoms with E-state index in [0.29, 0.717) is 78.9 Å². The largest absolute Gasteiger partial charge is 0.494 e. The number of halogens is 1. The van der Waals surface area contributed by atoms with Gasteiger partial charge in [0.15, 0.2) is 22.3 Å². The summed E-state index contributed by atoms with van der Waals surface area (Å²) < 4.78 is 24.6. The van der Waals surface area contributed by atoms with Crippen molar-refractivity contribution in [2.75, 3.05) is 37.4 Å². The molecule has 0 bridgehead atoms. The molecule has 0 aliphatic heterocycles. The van der Waals surface area contributed by atoms with Crippen LogP contribution in [-0.4, -0.2) is 122 Å². The van der Waals surface area contributed by atoms with Crippen LogP contribution >= 0.6 is 11.6 Å². The minimum Gasteiger partial charge on any atom is -0.494 e. The van der Waals surface area contributed by atoms with Gasteiger partial charge < -0.3 is 50.8 Å². The van der Waals surface area contributed by atoms with E-state index in [1.807, 2.05) is 102 Å². The van der Waals surface area contributed by atoms with Gasteiger partial charge in [0, 0.05) is 37.3 Å². The lowest BCUT2D eigenvalue weighted by Crippen LogP contribution is -2.33. The van der Waals surface area contributed by atoms with Gasteiger partial charge in [0.05, 0.1) is 37.0 Å². The number of carboxylic acids is 2. The molecule has 0 aliphatic carbocycles. The Labute approximate surface area is 472 Å². The molecule has 0 unspecified atom stereocenters. The standard InChI is InChI=1S/C28H33N7O5.C14H12ClN5O3.C14H22N2O2/c1-28(2,3)40-27(38)29-16-4-6-19-8-10-20(11-9-19)31-26-30-18-23-25(32-26)35(34-33-23)21-12-14-22(15-13-21)39-17-5-7-24(36)37;15-14-16-8-11-13(17-14)20(19-18-11)9-3-5-10(6-4-9)23-7-1-2-12(21)22;1-14(2,3)18-13(17)16-10-4-5-11-6-8-12(15)9-7-11/h8-15,18H,4-7,16-17H2,1-3H3,(H,29,38)(H,36,37)(H,30,31,32);3-6,8H,1-2,7H2,(H,21,22);6-9H,4-5,10,15H2,1-3H3,(H,16,17). The Morgan fingerprint density at radius 2 is 1.01 bits per heavy atom. The molecule has 8 aromatic rings. The van der Waals surface area contributed by atoms with E-state index in [1.165, 1.54) is 11.8 Å². The second-order valence-corrected chi connectivity index (χ2v) is 20.4. The Balaban J connectivity index is 0.000000217. The van der Waals surface area contributed by atoms with E-state index in [2.05, 4.69) is 56.5 Å². The summed E-state index contributed by atoms with van der Waals surface area (Å²) in [5.41, 5.74) is 12.3. The summed E-state index contributed by atoms with van der Waals surface area (Å²) >= 11 is 5.80. The Morgan fingerprint density at radius 3 is 1.46 bits per heavy atom. The lowest BCUT2D eigenvalue weighted by atomic mass is 10.1. The first-order chi connectivity index (χ1) is 38.7. The van der Waals surface area contributed by atoms with Gasteiger partial charge in [-0.3, -0.25) is 9.59 Å². The summed E-state index contributed by atoms with van der Waals surface area (Å²) in [5, 5.41) is 42.5. The number of anilines is 3. The first kappa shape index (κ1) is 61.0. The third-order valence-corrected chi connectivity index (χ3v) is 11.1. The Kier molecular flexibility index (Phi) is 22.4. The van der Waals surface area contributed by atoms with Gasteiger partial charge in [-0.05, 0) is 176 Å². The molecule has 0 aliphatic rings. The van der Waals surface area contributed by atoms with Crippen molar-refractivity contribution in [3.05, 3.63) is 126 Å². The van der Waals surface area contributed by atoms with Gasteiger partial charge in [-0.1, -0.05) is 34.7 Å². The van der Waals surface area contributed by atoms with Crippen molar-refractivity contribution in [2.45, 2.75) is 104 Å². The van der Waals surface area contributed by atoms with Crippen LogP contribution in [0.3, 0.4) is 0 Å². The molecule has 4 heterocycles. The second-order valence-electron chi connectivity index (χ2n) is 20.1. The van der Waals surface area contributed by atoms with Gasteiger partial charge in [0.1, 0.15) is 22.7 Å². The van der Waals surface area contributed by atoms with Crippen molar-refractivity contribution in [1.82, 2.24) is 60.6 Å². The number of amides is 2. The lowest BCUT2D eigenvalue weighted by Gasteiger charge is -2.19. The molecular formula is C56H67ClN14O10. The van der Waals surface area contributed by atoms with Crippen LogP contribution in [0.5, 0.6) is 11.5 Å². The van der Waals surface area contributed by atoms with E-state index in [4.69, 9.17) is 46.5 Å². The molecule has 81 heavy (non-hydrogen) atoms. The number of benzene rings is 4. The van der Waals surface area contributed by atoms with Gasteiger partial charge in [-0.25, -0.2) is 19.6 Å². The van der Waals surface area contributed by atoms with E-state index < -0.39 is 29.2 Å². The van der Waals surface area contributed by atoms with E-state index in [-0.39, 0.29) is 24.2 Å². The number of ether oxygens (including phenoxy) is 4. The smallest absolute Gasteiger partial charge is 0.407 e. The maximum atomic E-state index is 11.7. The van der Waals surface area contributed by atoms with Crippen molar-refractivity contribution in [2.24, 2.45) is 0 Å². The molecule has 7 N–H and O–H groups in total. The molecule has 4 aromatic carbocycles. The first-order valence-corrected chi connectivity index (χ1v) is 26.4. The quantitative estimate of drug-likeness (QED) is 0.0209. The van der Waals surface area contributed by atoms with Crippen LogP contribution in [0.15, 0.2) is 109 Å². The minimum absolute atomic E-state index is 0.0678. The van der Waals surface area contributed by atoms with E-state index in [9.17, 15) is 19.2 Å². The van der Waals surface area contributed by atoms with Gasteiger partial charge >= 0.3 is 24.1 Å². The minimum atomic E-state index is -0.841. The molecule has 8 rings (SSSR count). The average molecular weight is 1130 g/mol. The van der Waals surface area contributed by atoms with Crippen LogP contribution in [-0.2, 0) is 31.9 Å². The first-order valence-electron chi connectivity index (χ1n) is 26.0. The number of carbonyl (C=O) groups is 4. The molecule has 0 saturated carbocycles. The van der Waals surface area contributed by atoms with Gasteiger partial charge in [-0.2, -0.15) is 19.3 Å². The fourth-order valence-electron chi connectivity index (χ4n) is 7.20. The Bertz CT molecular complexity index is 3290. The number of nitrogen functional groups attached to an aromatic ring is 1. The van der Waals surface area contributed by atoms with Crippen molar-refractivity contribution in [1.29, 1.82) is 0 Å². The van der Waals surface area contributed by atoms with Gasteiger partial charge in [-0.15, -0.1) is 10.2 Å². The number of nitrogens with one attached hydrogen (secondary N) is 3. The molecule has 24 nitrogen and oxygen atoms in total. The number of alkyl carbamates (subject to hydrolysis) is 2. The van der Waals surface area contributed by atoms with Crippen LogP contribution < -0.4 is 31.2 Å². The highest BCUT2D eigenvalue weighted by Gasteiger charge is 2.17. The fraction of sp³-hybridized carbons (Fsp3) is 0.357. The number of fused-ring (bicyclic) bond motifs is 2. The molecule has 2 amide bonds. The Hall–Kier alpha value is -9.19. The topological polar surface area (TPSA) is 321 Å². The van der Waals surface area contributed by atoms with E-state index in [1.54, 1.807) is 52.0 Å². The number of carboxylic acid groups (broad SMARTS) is 2. The number of carbonyl (C=O) groups excluding carboxylic acids is 2. The summed E-state index contributed by atoms with van der Waals surface area (Å²) in [7, 11) is 0. The maximum Gasteiger partial charge on any atom is 0.407 e. The zero-order valence-electron chi connectivity index (χ0n) is 46.0. The van der Waals surface area contributed by atoms with Crippen LogP contribution in [0.2, 0.25) is 5.28 Å². The van der Waals surface area contributed by atoms with Crippen molar-refractivity contribution in [3.8, 4) is 22.9 Å². The van der Waals surface area contributed by atoms with Gasteiger partial charge in [0.2, 0.25) is 11.2 Å². The third-order valence-electron chi connectivity index (χ3n) is 10.9. The molecular weight excluding hydrogens is 1060 g/mol. The van der Waals surface area contributed by atoms with Crippen molar-refractivity contribution < 1.29 is 48.3 Å². The molecule has 0 saturated heterocycles. The number of rotatable bonds is 22. The molecule has 0 spiro atoms. The zero-order valence-corrected chi connectivity index (χ0v) is 46.7. The molecule has 0 radical (unpaired) electrons. The normalized spacial score (nSPS) is 11.1. The van der Waals surface area contributed by atoms with E-state index >= 15 is 0 Å². The average Bonchev–Trinajstić information content (AvgIpc) is 4.15. The summed E-state index contributed by atoms with van der Waals surface area (Å²) in [6.45, 7) is 12.9.